The van der Waals surface area contributed by atoms with Crippen LogP contribution in [0.4, 0.5) is 15.7 Å². The second-order valence-corrected chi connectivity index (χ2v) is 11.2. The number of hydrogen-bond acceptors (Lipinski definition) is 10. The lowest BCUT2D eigenvalue weighted by Gasteiger charge is -2.24. The van der Waals surface area contributed by atoms with Crippen molar-refractivity contribution in [1.82, 2.24) is 25.2 Å². The van der Waals surface area contributed by atoms with Crippen LogP contribution in [0.25, 0.3) is 0 Å². The number of anilines is 2. The van der Waals surface area contributed by atoms with Crippen molar-refractivity contribution in [2.75, 3.05) is 19.0 Å². The van der Waals surface area contributed by atoms with Gasteiger partial charge in [0, 0.05) is 24.8 Å². The summed E-state index contributed by atoms with van der Waals surface area (Å²) in [4.78, 5) is 40.4. The summed E-state index contributed by atoms with van der Waals surface area (Å²) in [6.07, 6.45) is 3.08. The Bertz CT molecular complexity index is 1290. The third-order valence-corrected chi connectivity index (χ3v) is 6.77. The second-order valence-electron chi connectivity index (χ2n) is 10.2. The summed E-state index contributed by atoms with van der Waals surface area (Å²) in [5, 5.41) is 6.59. The number of methoxy groups -OCH3 is 1. The zero-order valence-corrected chi connectivity index (χ0v) is 23.2. The maximum absolute atomic E-state index is 12.0. The largest absolute Gasteiger partial charge is 0.465 e. The summed E-state index contributed by atoms with van der Waals surface area (Å²) in [5.41, 5.74) is 2.49. The van der Waals surface area contributed by atoms with E-state index in [1.165, 1.54) is 24.6 Å². The predicted octanol–water partition coefficient (Wildman–Crippen LogP) is 5.13. The average Bonchev–Trinajstić information content (AvgIpc) is 3.51. The molecule has 3 aromatic rings. The molecule has 1 aromatic carbocycles. The van der Waals surface area contributed by atoms with Crippen molar-refractivity contribution >= 4 is 34.3 Å². The van der Waals surface area contributed by atoms with Gasteiger partial charge in [-0.05, 0) is 58.2 Å². The van der Waals surface area contributed by atoms with E-state index in [0.717, 1.165) is 48.6 Å². The van der Waals surface area contributed by atoms with Crippen LogP contribution in [-0.2, 0) is 22.6 Å². The molecule has 1 saturated heterocycles. The summed E-state index contributed by atoms with van der Waals surface area (Å²) >= 11 is 1.21. The Morgan fingerprint density at radius 3 is 2.74 bits per heavy atom. The van der Waals surface area contributed by atoms with Crippen molar-refractivity contribution in [1.29, 1.82) is 0 Å². The fourth-order valence-corrected chi connectivity index (χ4v) is 5.05. The minimum absolute atomic E-state index is 0.0842. The van der Waals surface area contributed by atoms with Crippen LogP contribution in [0.2, 0.25) is 0 Å². The lowest BCUT2D eigenvalue weighted by molar-refractivity contribution is 0.0522. The highest BCUT2D eigenvalue weighted by atomic mass is 32.1. The quantitative estimate of drug-likeness (QED) is 0.376. The van der Waals surface area contributed by atoms with Gasteiger partial charge in [-0.3, -0.25) is 4.90 Å². The van der Waals surface area contributed by atoms with Gasteiger partial charge in [0.2, 0.25) is 0 Å². The van der Waals surface area contributed by atoms with E-state index in [9.17, 15) is 9.59 Å². The highest BCUT2D eigenvalue weighted by Crippen LogP contribution is 2.33. The van der Waals surface area contributed by atoms with E-state index in [1.54, 1.807) is 0 Å². The van der Waals surface area contributed by atoms with Crippen molar-refractivity contribution in [2.45, 2.75) is 65.3 Å². The van der Waals surface area contributed by atoms with Gasteiger partial charge in [0.1, 0.15) is 22.1 Å². The van der Waals surface area contributed by atoms with Gasteiger partial charge in [-0.25, -0.2) is 24.5 Å². The van der Waals surface area contributed by atoms with Crippen LogP contribution < -0.4 is 10.6 Å². The average molecular weight is 539 g/mol. The maximum atomic E-state index is 12.0. The number of ether oxygens (including phenoxy) is 2. The third kappa shape index (κ3) is 7.48. The van der Waals surface area contributed by atoms with E-state index in [4.69, 9.17) is 19.4 Å². The van der Waals surface area contributed by atoms with E-state index < -0.39 is 17.7 Å². The minimum atomic E-state index is -0.532. The molecule has 202 valence electrons. The maximum Gasteiger partial charge on any atom is 0.407 e. The number of thiazole rings is 1. The van der Waals surface area contributed by atoms with Gasteiger partial charge >= 0.3 is 12.1 Å². The topological polar surface area (TPSA) is 119 Å². The number of esters is 1. The number of amides is 1. The molecule has 1 aliphatic heterocycles. The van der Waals surface area contributed by atoms with Gasteiger partial charge in [-0.2, -0.15) is 0 Å². The first-order valence-electron chi connectivity index (χ1n) is 12.5. The zero-order valence-electron chi connectivity index (χ0n) is 22.4. The van der Waals surface area contributed by atoms with Crippen LogP contribution in [0.15, 0.2) is 36.5 Å². The van der Waals surface area contributed by atoms with Gasteiger partial charge in [-0.1, -0.05) is 35.6 Å². The first-order chi connectivity index (χ1) is 18.1. The summed E-state index contributed by atoms with van der Waals surface area (Å²) < 4.78 is 10.1. The molecule has 10 nitrogen and oxygen atoms in total. The Morgan fingerprint density at radius 1 is 1.18 bits per heavy atom. The van der Waals surface area contributed by atoms with E-state index in [1.807, 2.05) is 45.9 Å². The second kappa shape index (κ2) is 11.9. The van der Waals surface area contributed by atoms with E-state index in [-0.39, 0.29) is 6.04 Å². The zero-order chi connectivity index (χ0) is 27.3. The number of aromatic nitrogens is 3. The Kier molecular flexibility index (Phi) is 8.58. The fraction of sp³-hybridized carbons (Fsp3) is 0.444. The number of hydrogen-bond donors (Lipinski definition) is 2. The van der Waals surface area contributed by atoms with Gasteiger partial charge < -0.3 is 20.1 Å². The van der Waals surface area contributed by atoms with Gasteiger partial charge in [-0.15, -0.1) is 0 Å². The molecule has 4 rings (SSSR count). The molecule has 0 bridgehead atoms. The number of rotatable bonds is 8. The Balaban J connectivity index is 1.43. The SMILES string of the molecule is COC(=O)c1cnc(Nc2cc(C)nc(C3CCCN3Cc3cccc(CNC(=O)OC(C)(C)C)c3)n2)s1. The van der Waals surface area contributed by atoms with Crippen molar-refractivity contribution < 1.29 is 19.1 Å². The molecule has 38 heavy (non-hydrogen) atoms. The molecule has 0 saturated carbocycles. The fourth-order valence-electron chi connectivity index (χ4n) is 4.31. The molecule has 1 atom stereocenters. The Morgan fingerprint density at radius 2 is 1.97 bits per heavy atom. The summed E-state index contributed by atoms with van der Waals surface area (Å²) in [6.45, 7) is 9.57. The van der Waals surface area contributed by atoms with Crippen LogP contribution >= 0.6 is 11.3 Å². The number of carbonyl (C=O) groups is 2. The van der Waals surface area contributed by atoms with Crippen LogP contribution in [0.5, 0.6) is 0 Å². The van der Waals surface area contributed by atoms with Crippen molar-refractivity contribution in [3.63, 3.8) is 0 Å². The smallest absolute Gasteiger partial charge is 0.407 e. The number of carbonyl (C=O) groups excluding carboxylic acids is 2. The number of nitrogens with zero attached hydrogens (tertiary/aromatic N) is 4. The number of alkyl carbamates (subject to hydrolysis) is 1. The normalized spacial score (nSPS) is 15.8. The van der Waals surface area contributed by atoms with E-state index >= 15 is 0 Å². The summed E-state index contributed by atoms with van der Waals surface area (Å²) in [5.74, 6) is 0.985. The molecule has 3 heterocycles. The molecule has 0 spiro atoms. The third-order valence-electron chi connectivity index (χ3n) is 5.87. The summed E-state index contributed by atoms with van der Waals surface area (Å²) in [6, 6.07) is 10.2. The highest BCUT2D eigenvalue weighted by molar-refractivity contribution is 7.17. The molecule has 1 aliphatic rings. The number of nitrogens with one attached hydrogen (secondary N) is 2. The van der Waals surface area contributed by atoms with E-state index in [2.05, 4.69) is 32.7 Å². The van der Waals surface area contributed by atoms with E-state index in [0.29, 0.717) is 22.4 Å². The molecule has 11 heteroatoms. The molecule has 2 N–H and O–H groups in total. The number of benzene rings is 1. The van der Waals surface area contributed by atoms with Gasteiger partial charge in [0.15, 0.2) is 5.13 Å². The molecule has 2 aromatic heterocycles. The molecule has 1 fully saturated rings. The minimum Gasteiger partial charge on any atom is -0.465 e. The van der Waals surface area contributed by atoms with Crippen molar-refractivity contribution in [3.05, 3.63) is 64.1 Å². The van der Waals surface area contributed by atoms with Gasteiger partial charge in [0.25, 0.3) is 0 Å². The van der Waals surface area contributed by atoms with Crippen LogP contribution in [0.1, 0.15) is 72.0 Å². The molecule has 0 aliphatic carbocycles. The van der Waals surface area contributed by atoms with Gasteiger partial charge in [0.05, 0.1) is 19.3 Å². The van der Waals surface area contributed by atoms with Crippen LogP contribution in [0.3, 0.4) is 0 Å². The van der Waals surface area contributed by atoms with Crippen molar-refractivity contribution in [2.24, 2.45) is 0 Å². The highest BCUT2D eigenvalue weighted by Gasteiger charge is 2.29. The van der Waals surface area contributed by atoms with Crippen molar-refractivity contribution in [3.8, 4) is 0 Å². The van der Waals surface area contributed by atoms with Crippen LogP contribution in [-0.4, -0.2) is 51.2 Å². The number of likely N-dealkylation sites (tertiary alicyclic amines) is 1. The van der Waals surface area contributed by atoms with Crippen LogP contribution in [0, 0.1) is 6.92 Å². The standard InChI is InChI=1S/C27H34N6O4S/c1-17-12-22(32-25-28-15-21(38-25)24(34)36-5)31-23(30-17)20-10-7-11-33(20)16-19-9-6-8-18(13-19)14-29-26(35)37-27(2,3)4/h6,8-9,12-13,15,20H,7,10-11,14,16H2,1-5H3,(H,29,35)(H,28,30,31,32). The molecule has 0 radical (unpaired) electrons. The first kappa shape index (κ1) is 27.5. The molecule has 1 unspecified atom stereocenters. The molecule has 1 amide bonds. The Labute approximate surface area is 226 Å². The lowest BCUT2D eigenvalue weighted by Crippen LogP contribution is -2.32. The predicted molar refractivity (Wildman–Crippen MR) is 145 cm³/mol. The monoisotopic (exact) mass is 538 g/mol. The summed E-state index contributed by atoms with van der Waals surface area (Å²) in [7, 11) is 1.35. The number of aryl methyl sites for hydroxylation is 1. The molecular weight excluding hydrogens is 504 g/mol. The first-order valence-corrected chi connectivity index (χ1v) is 13.4. The lowest BCUT2D eigenvalue weighted by atomic mass is 10.1. The Hall–Kier alpha value is -3.57. The molecular formula is C27H34N6O4S.